The van der Waals surface area contributed by atoms with Gasteiger partial charge in [-0.2, -0.15) is 0 Å². The van der Waals surface area contributed by atoms with Gasteiger partial charge in [0, 0.05) is 57.9 Å². The van der Waals surface area contributed by atoms with E-state index < -0.39 is 15.4 Å². The van der Waals surface area contributed by atoms with Crippen molar-refractivity contribution in [1.82, 2.24) is 19.6 Å². The van der Waals surface area contributed by atoms with E-state index in [2.05, 4.69) is 63.8 Å². The van der Waals surface area contributed by atoms with Crippen molar-refractivity contribution < 1.29 is 22.8 Å². The summed E-state index contributed by atoms with van der Waals surface area (Å²) in [5, 5.41) is 0. The molecule has 3 fully saturated rings. The molecule has 3 saturated heterocycles. The Labute approximate surface area is 287 Å². The van der Waals surface area contributed by atoms with E-state index in [1.165, 1.54) is 22.6 Å². The molecule has 5 rings (SSSR count). The number of carbonyl (C=O) groups is 3. The molecule has 0 aliphatic carbocycles. The number of imide groups is 1. The highest BCUT2D eigenvalue weighted by molar-refractivity contribution is 7.90. The van der Waals surface area contributed by atoms with Gasteiger partial charge in [0.05, 0.1) is 11.4 Å². The molecule has 0 aromatic heterocycles. The molecule has 0 radical (unpaired) electrons. The molecule has 2 aromatic carbocycles. The van der Waals surface area contributed by atoms with Crippen molar-refractivity contribution in [3.63, 3.8) is 0 Å². The van der Waals surface area contributed by atoms with Gasteiger partial charge in [0.2, 0.25) is 5.91 Å². The van der Waals surface area contributed by atoms with E-state index in [9.17, 15) is 22.8 Å². The van der Waals surface area contributed by atoms with Crippen LogP contribution in [0.15, 0.2) is 59.5 Å². The zero-order valence-corrected chi connectivity index (χ0v) is 30.3. The zero-order chi connectivity index (χ0) is 33.4. The van der Waals surface area contributed by atoms with Crippen LogP contribution in [-0.4, -0.2) is 96.9 Å². The molecule has 0 unspecified atom stereocenters. The highest BCUT2D eigenvalue weighted by Gasteiger charge is 2.58. The molecule has 0 N–H and O–H groups in total. The SMILES string of the molecule is CC(C)CN1C(=O)N(Cc2ccc(S(C)(=O)=O)cc2)C(=O)C12CCN(C[C@H]1CN(C(=O)CC(C)(C)C)C[C@@H]1c1ccccc1)CC2.Cl. The molecule has 3 aliphatic rings. The second-order valence-corrected chi connectivity index (χ2v) is 17.3. The van der Waals surface area contributed by atoms with Gasteiger partial charge in [-0.3, -0.25) is 14.5 Å². The molecule has 4 amide bonds. The van der Waals surface area contributed by atoms with Crippen molar-refractivity contribution in [3.05, 3.63) is 65.7 Å². The topological polar surface area (TPSA) is 98.3 Å². The maximum Gasteiger partial charge on any atom is 0.327 e. The van der Waals surface area contributed by atoms with E-state index in [4.69, 9.17) is 0 Å². The Kier molecular flexibility index (Phi) is 11.2. The monoisotopic (exact) mass is 686 g/mol. The molecule has 0 saturated carbocycles. The van der Waals surface area contributed by atoms with Gasteiger partial charge in [0.1, 0.15) is 5.54 Å². The fraction of sp³-hybridized carbons (Fsp3) is 0.583. The molecule has 3 aliphatic heterocycles. The summed E-state index contributed by atoms with van der Waals surface area (Å²) in [6, 6.07) is 16.6. The number of rotatable bonds is 9. The van der Waals surface area contributed by atoms with Crippen LogP contribution >= 0.6 is 12.4 Å². The van der Waals surface area contributed by atoms with Gasteiger partial charge in [-0.05, 0) is 53.4 Å². The van der Waals surface area contributed by atoms with Gasteiger partial charge in [-0.25, -0.2) is 13.2 Å². The van der Waals surface area contributed by atoms with Crippen LogP contribution in [0.3, 0.4) is 0 Å². The smallest absolute Gasteiger partial charge is 0.327 e. The first-order valence-corrected chi connectivity index (χ1v) is 18.4. The van der Waals surface area contributed by atoms with E-state index >= 15 is 0 Å². The Hall–Kier alpha value is -2.95. The Morgan fingerprint density at radius 2 is 1.57 bits per heavy atom. The normalized spacial score (nSPS) is 22.0. The largest absolute Gasteiger partial charge is 0.342 e. The summed E-state index contributed by atoms with van der Waals surface area (Å²) in [6.45, 7) is 14.7. The van der Waals surface area contributed by atoms with Crippen LogP contribution in [0.5, 0.6) is 0 Å². The minimum Gasteiger partial charge on any atom is -0.342 e. The summed E-state index contributed by atoms with van der Waals surface area (Å²) in [6.07, 6.45) is 2.80. The average Bonchev–Trinajstić information content (AvgIpc) is 3.48. The third-order valence-electron chi connectivity index (χ3n) is 9.74. The van der Waals surface area contributed by atoms with Gasteiger partial charge >= 0.3 is 6.03 Å². The highest BCUT2D eigenvalue weighted by Crippen LogP contribution is 2.40. The lowest BCUT2D eigenvalue weighted by molar-refractivity contribution is -0.136. The van der Waals surface area contributed by atoms with Crippen LogP contribution in [0.1, 0.15) is 70.9 Å². The first kappa shape index (κ1) is 36.9. The first-order valence-electron chi connectivity index (χ1n) is 16.5. The number of nitrogens with zero attached hydrogens (tertiary/aromatic N) is 4. The maximum atomic E-state index is 14.1. The summed E-state index contributed by atoms with van der Waals surface area (Å²) >= 11 is 0. The number of sulfone groups is 1. The fourth-order valence-electron chi connectivity index (χ4n) is 7.39. The van der Waals surface area contributed by atoms with Crippen molar-refractivity contribution in [1.29, 1.82) is 0 Å². The molecular weight excluding hydrogens is 636 g/mol. The van der Waals surface area contributed by atoms with Crippen molar-refractivity contribution in [2.45, 2.75) is 76.8 Å². The molecule has 2 aromatic rings. The molecule has 47 heavy (non-hydrogen) atoms. The lowest BCUT2D eigenvalue weighted by Crippen LogP contribution is -2.57. The summed E-state index contributed by atoms with van der Waals surface area (Å²) < 4.78 is 23.8. The third-order valence-corrected chi connectivity index (χ3v) is 10.9. The Morgan fingerprint density at radius 1 is 0.957 bits per heavy atom. The minimum atomic E-state index is -3.34. The number of amides is 4. The van der Waals surface area contributed by atoms with Crippen molar-refractivity contribution in [3.8, 4) is 0 Å². The molecule has 11 heteroatoms. The molecule has 3 heterocycles. The van der Waals surface area contributed by atoms with E-state index in [0.29, 0.717) is 44.5 Å². The number of hydrogen-bond donors (Lipinski definition) is 0. The summed E-state index contributed by atoms with van der Waals surface area (Å²) in [7, 11) is -3.34. The summed E-state index contributed by atoms with van der Waals surface area (Å²) in [4.78, 5) is 49.0. The van der Waals surface area contributed by atoms with Gasteiger partial charge in [-0.1, -0.05) is 77.1 Å². The molecular formula is C36H51ClN4O5S. The predicted octanol–water partition coefficient (Wildman–Crippen LogP) is 5.45. The number of benzene rings is 2. The molecule has 258 valence electrons. The number of piperidine rings is 1. The summed E-state index contributed by atoms with van der Waals surface area (Å²) in [5.74, 6) is 0.769. The van der Waals surface area contributed by atoms with Crippen LogP contribution in [0, 0.1) is 17.3 Å². The van der Waals surface area contributed by atoms with Gasteiger partial charge in [0.15, 0.2) is 9.84 Å². The number of likely N-dealkylation sites (tertiary alicyclic amines) is 2. The van der Waals surface area contributed by atoms with Gasteiger partial charge in [-0.15, -0.1) is 12.4 Å². The van der Waals surface area contributed by atoms with Crippen LogP contribution < -0.4 is 0 Å². The number of urea groups is 1. The van der Waals surface area contributed by atoms with Crippen molar-refractivity contribution in [2.75, 3.05) is 45.5 Å². The Balaban J connectivity index is 0.00000500. The van der Waals surface area contributed by atoms with Crippen molar-refractivity contribution >= 4 is 40.1 Å². The Morgan fingerprint density at radius 3 is 2.13 bits per heavy atom. The molecule has 2 atom stereocenters. The predicted molar refractivity (Wildman–Crippen MR) is 186 cm³/mol. The van der Waals surface area contributed by atoms with Crippen LogP contribution in [0.4, 0.5) is 4.79 Å². The van der Waals surface area contributed by atoms with Gasteiger partial charge < -0.3 is 14.7 Å². The summed E-state index contributed by atoms with van der Waals surface area (Å²) in [5.41, 5.74) is 1.02. The zero-order valence-electron chi connectivity index (χ0n) is 28.6. The van der Waals surface area contributed by atoms with Crippen LogP contribution in [0.25, 0.3) is 0 Å². The van der Waals surface area contributed by atoms with E-state index in [0.717, 1.165) is 25.9 Å². The molecule has 0 bridgehead atoms. The lowest BCUT2D eigenvalue weighted by Gasteiger charge is -2.43. The number of halogens is 1. The van der Waals surface area contributed by atoms with E-state index in [1.807, 2.05) is 11.0 Å². The molecule has 1 spiro atoms. The number of hydrogen-bond acceptors (Lipinski definition) is 6. The Bertz CT molecular complexity index is 1530. The second-order valence-electron chi connectivity index (χ2n) is 15.2. The van der Waals surface area contributed by atoms with E-state index in [1.54, 1.807) is 17.0 Å². The lowest BCUT2D eigenvalue weighted by atomic mass is 9.83. The van der Waals surface area contributed by atoms with Crippen LogP contribution in [-0.2, 0) is 26.0 Å². The van der Waals surface area contributed by atoms with E-state index in [-0.39, 0.29) is 64.9 Å². The number of carbonyl (C=O) groups excluding carboxylic acids is 3. The van der Waals surface area contributed by atoms with Crippen LogP contribution in [0.2, 0.25) is 0 Å². The standard InChI is InChI=1S/C36H50N4O5S.ClH/c1-26(2)21-40-34(43)39(22-27-12-14-30(15-13-27)46(6,44)45)33(42)36(40)16-18-37(19-17-36)23-29-24-38(32(41)20-35(3,4)5)25-31(29)28-10-8-7-9-11-28;/h7-15,26,29,31H,16-25H2,1-6H3;1H/t29-,31+;/m0./s1. The molecule has 9 nitrogen and oxygen atoms in total. The van der Waals surface area contributed by atoms with Crippen molar-refractivity contribution in [2.24, 2.45) is 17.3 Å². The minimum absolute atomic E-state index is 0. The maximum absolute atomic E-state index is 14.1. The third kappa shape index (κ3) is 8.20. The van der Waals surface area contributed by atoms with Gasteiger partial charge in [0.25, 0.3) is 5.91 Å². The quantitative estimate of drug-likeness (QED) is 0.326. The second kappa shape index (κ2) is 14.3. The highest BCUT2D eigenvalue weighted by atomic mass is 35.5. The fourth-order valence-corrected chi connectivity index (χ4v) is 8.02. The first-order chi connectivity index (χ1) is 21.6. The average molecular weight is 687 g/mol.